The molecular weight excluding hydrogens is 319 g/mol. The second kappa shape index (κ2) is 4.90. The molecule has 2 heterocycles. The molecule has 0 radical (unpaired) electrons. The van der Waals surface area contributed by atoms with Crippen LogP contribution < -0.4 is 0 Å². The predicted octanol–water partition coefficient (Wildman–Crippen LogP) is 5.19. The van der Waals surface area contributed by atoms with Crippen LogP contribution in [-0.2, 0) is 0 Å². The normalized spacial score (nSPS) is 11.4. The van der Waals surface area contributed by atoms with Crippen molar-refractivity contribution in [2.45, 2.75) is 0 Å². The van der Waals surface area contributed by atoms with Crippen LogP contribution >= 0.6 is 23.2 Å². The van der Waals surface area contributed by atoms with Gasteiger partial charge in [-0.05, 0) is 48.5 Å². The Morgan fingerprint density at radius 3 is 1.64 bits per heavy atom. The van der Waals surface area contributed by atoms with Crippen molar-refractivity contribution in [3.8, 4) is 0 Å². The number of hydrogen-bond donors (Lipinski definition) is 2. The van der Waals surface area contributed by atoms with Crippen LogP contribution in [0, 0.1) is 0 Å². The molecule has 0 unspecified atom stereocenters. The summed E-state index contributed by atoms with van der Waals surface area (Å²) in [6.45, 7) is 0. The number of rotatable bonds is 2. The average Bonchev–Trinajstić information content (AvgIpc) is 3.08. The van der Waals surface area contributed by atoms with E-state index in [0.717, 1.165) is 21.8 Å². The van der Waals surface area contributed by atoms with Crippen LogP contribution in [-0.4, -0.2) is 15.8 Å². The van der Waals surface area contributed by atoms with Gasteiger partial charge in [-0.2, -0.15) is 0 Å². The van der Waals surface area contributed by atoms with Gasteiger partial charge in [0.2, 0.25) is 5.78 Å². The minimum atomic E-state index is -0.0976. The van der Waals surface area contributed by atoms with Crippen molar-refractivity contribution < 1.29 is 4.79 Å². The van der Waals surface area contributed by atoms with Gasteiger partial charge in [0, 0.05) is 31.9 Å². The standard InChI is InChI=1S/C17H10Cl2N2O/c18-11-1-3-13-9(5-11)7-15(20-13)17(22)16-8-10-6-12(19)2-4-14(10)21-16/h1-8,20-21H. The fourth-order valence-corrected chi connectivity index (χ4v) is 2.96. The molecule has 0 aliphatic heterocycles. The maximum Gasteiger partial charge on any atom is 0.225 e. The summed E-state index contributed by atoms with van der Waals surface area (Å²) < 4.78 is 0. The topological polar surface area (TPSA) is 48.6 Å². The van der Waals surface area contributed by atoms with Crippen molar-refractivity contribution in [3.05, 3.63) is 70.0 Å². The molecule has 2 aromatic heterocycles. The molecule has 0 aliphatic carbocycles. The van der Waals surface area contributed by atoms with Crippen LogP contribution in [0.1, 0.15) is 16.2 Å². The average molecular weight is 329 g/mol. The Kier molecular flexibility index (Phi) is 2.99. The molecule has 108 valence electrons. The highest BCUT2D eigenvalue weighted by molar-refractivity contribution is 6.31. The van der Waals surface area contributed by atoms with Gasteiger partial charge in [0.25, 0.3) is 0 Å². The Bertz CT molecular complexity index is 948. The molecule has 2 N–H and O–H groups in total. The molecule has 0 saturated heterocycles. The predicted molar refractivity (Wildman–Crippen MR) is 90.0 cm³/mol. The lowest BCUT2D eigenvalue weighted by molar-refractivity contribution is 0.103. The number of nitrogens with one attached hydrogen (secondary N) is 2. The number of halogens is 2. The first-order chi connectivity index (χ1) is 10.6. The first-order valence-electron chi connectivity index (χ1n) is 6.71. The van der Waals surface area contributed by atoms with Gasteiger partial charge < -0.3 is 9.97 Å². The van der Waals surface area contributed by atoms with E-state index in [-0.39, 0.29) is 5.78 Å². The molecule has 4 rings (SSSR count). The highest BCUT2D eigenvalue weighted by Gasteiger charge is 2.15. The fourth-order valence-electron chi connectivity index (χ4n) is 2.60. The van der Waals surface area contributed by atoms with Gasteiger partial charge >= 0.3 is 0 Å². The van der Waals surface area contributed by atoms with Crippen LogP contribution in [0.25, 0.3) is 21.8 Å². The number of aromatic amines is 2. The molecule has 0 amide bonds. The Morgan fingerprint density at radius 1 is 0.727 bits per heavy atom. The number of ketones is 1. The zero-order valence-corrected chi connectivity index (χ0v) is 12.8. The lowest BCUT2D eigenvalue weighted by Crippen LogP contribution is -2.01. The Hall–Kier alpha value is -2.23. The SMILES string of the molecule is O=C(c1cc2cc(Cl)ccc2[nH]1)c1cc2cc(Cl)ccc2[nH]1. The molecule has 0 spiro atoms. The Morgan fingerprint density at radius 2 is 1.18 bits per heavy atom. The van der Waals surface area contributed by atoms with E-state index in [1.807, 2.05) is 36.4 Å². The fraction of sp³-hybridized carbons (Fsp3) is 0. The number of carbonyl (C=O) groups excluding carboxylic acids is 1. The molecule has 0 saturated carbocycles. The highest BCUT2D eigenvalue weighted by atomic mass is 35.5. The minimum absolute atomic E-state index is 0.0976. The molecule has 0 atom stereocenters. The van der Waals surface area contributed by atoms with E-state index in [1.165, 1.54) is 0 Å². The number of H-pyrrole nitrogens is 2. The van der Waals surface area contributed by atoms with Gasteiger partial charge in [0.05, 0.1) is 11.4 Å². The van der Waals surface area contributed by atoms with E-state index < -0.39 is 0 Å². The van der Waals surface area contributed by atoms with Crippen molar-refractivity contribution >= 4 is 50.8 Å². The molecule has 3 nitrogen and oxygen atoms in total. The number of fused-ring (bicyclic) bond motifs is 2. The summed E-state index contributed by atoms with van der Waals surface area (Å²) in [5.74, 6) is -0.0976. The lowest BCUT2D eigenvalue weighted by atomic mass is 10.2. The second-order valence-electron chi connectivity index (χ2n) is 5.16. The number of carbonyl (C=O) groups is 1. The lowest BCUT2D eigenvalue weighted by Gasteiger charge is -1.93. The van der Waals surface area contributed by atoms with Gasteiger partial charge in [0.15, 0.2) is 0 Å². The van der Waals surface area contributed by atoms with E-state index in [1.54, 1.807) is 12.1 Å². The third-order valence-electron chi connectivity index (χ3n) is 3.65. The van der Waals surface area contributed by atoms with Crippen molar-refractivity contribution in [2.75, 3.05) is 0 Å². The van der Waals surface area contributed by atoms with E-state index in [2.05, 4.69) is 9.97 Å². The van der Waals surface area contributed by atoms with Crippen LogP contribution in [0.5, 0.6) is 0 Å². The summed E-state index contributed by atoms with van der Waals surface area (Å²) in [5, 5.41) is 3.11. The zero-order valence-electron chi connectivity index (χ0n) is 11.3. The molecular formula is C17H10Cl2N2O. The number of benzene rings is 2. The summed E-state index contributed by atoms with van der Waals surface area (Å²) in [6, 6.07) is 14.6. The minimum Gasteiger partial charge on any atom is -0.352 e. The highest BCUT2D eigenvalue weighted by Crippen LogP contribution is 2.24. The van der Waals surface area contributed by atoms with E-state index >= 15 is 0 Å². The smallest absolute Gasteiger partial charge is 0.225 e. The van der Waals surface area contributed by atoms with E-state index in [4.69, 9.17) is 23.2 Å². The maximum atomic E-state index is 12.6. The largest absolute Gasteiger partial charge is 0.352 e. The van der Waals surface area contributed by atoms with Crippen molar-refractivity contribution in [1.29, 1.82) is 0 Å². The van der Waals surface area contributed by atoms with Crippen molar-refractivity contribution in [2.24, 2.45) is 0 Å². The summed E-state index contributed by atoms with van der Waals surface area (Å²) in [7, 11) is 0. The van der Waals surface area contributed by atoms with Gasteiger partial charge in [-0.25, -0.2) is 0 Å². The van der Waals surface area contributed by atoms with Crippen molar-refractivity contribution in [3.63, 3.8) is 0 Å². The van der Waals surface area contributed by atoms with Gasteiger partial charge in [-0.15, -0.1) is 0 Å². The van der Waals surface area contributed by atoms with Gasteiger partial charge in [0.1, 0.15) is 0 Å². The summed E-state index contributed by atoms with van der Waals surface area (Å²) in [5.41, 5.74) is 2.81. The first-order valence-corrected chi connectivity index (χ1v) is 7.47. The Balaban J connectivity index is 1.80. The number of hydrogen-bond acceptors (Lipinski definition) is 1. The molecule has 22 heavy (non-hydrogen) atoms. The molecule has 5 heteroatoms. The summed E-state index contributed by atoms with van der Waals surface area (Å²) >= 11 is 12.0. The molecule has 0 aliphatic rings. The Labute approximate surface area is 135 Å². The number of aromatic nitrogens is 2. The molecule has 0 fully saturated rings. The van der Waals surface area contributed by atoms with Crippen LogP contribution in [0.3, 0.4) is 0 Å². The third kappa shape index (κ3) is 2.19. The monoisotopic (exact) mass is 328 g/mol. The second-order valence-corrected chi connectivity index (χ2v) is 6.03. The summed E-state index contributed by atoms with van der Waals surface area (Å²) in [6.07, 6.45) is 0. The quantitative estimate of drug-likeness (QED) is 0.489. The van der Waals surface area contributed by atoms with Crippen LogP contribution in [0.2, 0.25) is 10.0 Å². The summed E-state index contributed by atoms with van der Waals surface area (Å²) in [4.78, 5) is 18.9. The molecule has 2 aromatic carbocycles. The molecule has 0 bridgehead atoms. The molecule has 4 aromatic rings. The van der Waals surface area contributed by atoms with Gasteiger partial charge in [-0.1, -0.05) is 23.2 Å². The zero-order chi connectivity index (χ0) is 15.3. The van der Waals surface area contributed by atoms with Gasteiger partial charge in [-0.3, -0.25) is 4.79 Å². The van der Waals surface area contributed by atoms with Crippen LogP contribution in [0.15, 0.2) is 48.5 Å². The van der Waals surface area contributed by atoms with Crippen LogP contribution in [0.4, 0.5) is 0 Å². The maximum absolute atomic E-state index is 12.6. The van der Waals surface area contributed by atoms with E-state index in [0.29, 0.717) is 21.4 Å². The van der Waals surface area contributed by atoms with E-state index in [9.17, 15) is 4.79 Å². The first kappa shape index (κ1) is 13.4. The third-order valence-corrected chi connectivity index (χ3v) is 4.13. The van der Waals surface area contributed by atoms with Crippen molar-refractivity contribution in [1.82, 2.24) is 9.97 Å².